The fourth-order valence-electron chi connectivity index (χ4n) is 1.33. The summed E-state index contributed by atoms with van der Waals surface area (Å²) in [5.74, 6) is 0. The summed E-state index contributed by atoms with van der Waals surface area (Å²) >= 11 is 6.00. The van der Waals surface area contributed by atoms with Crippen molar-refractivity contribution in [2.75, 3.05) is 13.7 Å². The van der Waals surface area contributed by atoms with Gasteiger partial charge < -0.3 is 5.11 Å². The molecule has 0 heterocycles. The van der Waals surface area contributed by atoms with Crippen molar-refractivity contribution in [2.45, 2.75) is 24.8 Å². The molecule has 0 fully saturated rings. The third-order valence-corrected chi connectivity index (χ3v) is 5.33. The molecular weight excluding hydrogens is 262 g/mol. The molecule has 0 aliphatic heterocycles. The number of likely N-dealkylation sites (N-methyl/N-ethyl adjacent to an activating group) is 1. The van der Waals surface area contributed by atoms with Gasteiger partial charge in [-0.15, -0.1) is 0 Å². The Morgan fingerprint density at radius 1 is 1.47 bits per heavy atom. The molecule has 17 heavy (non-hydrogen) atoms. The Morgan fingerprint density at radius 3 is 2.59 bits per heavy atom. The molecule has 0 aromatic heterocycles. The monoisotopic (exact) mass is 277 g/mol. The topological polar surface area (TPSA) is 57.6 Å². The number of sulfonamides is 1. The summed E-state index contributed by atoms with van der Waals surface area (Å²) in [6.07, 6.45) is 0. The molecule has 0 aliphatic rings. The SMILES string of the molecule is Cc1cccc(S(=O)(=O)N(C)C(C)CO)c1Cl. The van der Waals surface area contributed by atoms with Crippen LogP contribution in [0, 0.1) is 6.92 Å². The lowest BCUT2D eigenvalue weighted by Crippen LogP contribution is -2.37. The number of rotatable bonds is 4. The van der Waals surface area contributed by atoms with E-state index in [-0.39, 0.29) is 16.5 Å². The first kappa shape index (κ1) is 14.4. The van der Waals surface area contributed by atoms with Crippen LogP contribution in [0.5, 0.6) is 0 Å². The van der Waals surface area contributed by atoms with Gasteiger partial charge >= 0.3 is 0 Å². The Hall–Kier alpha value is -0.620. The van der Waals surface area contributed by atoms with E-state index in [9.17, 15) is 8.42 Å². The highest BCUT2D eigenvalue weighted by atomic mass is 35.5. The first-order chi connectivity index (χ1) is 7.82. The highest BCUT2D eigenvalue weighted by Gasteiger charge is 2.27. The molecule has 6 heteroatoms. The zero-order valence-electron chi connectivity index (χ0n) is 10.0. The molecule has 4 nitrogen and oxygen atoms in total. The number of aryl methyl sites for hydroxylation is 1. The number of benzene rings is 1. The van der Waals surface area contributed by atoms with E-state index in [1.807, 2.05) is 0 Å². The van der Waals surface area contributed by atoms with Crippen molar-refractivity contribution >= 4 is 21.6 Å². The zero-order valence-corrected chi connectivity index (χ0v) is 11.6. The molecule has 1 atom stereocenters. The lowest BCUT2D eigenvalue weighted by atomic mass is 10.2. The van der Waals surface area contributed by atoms with E-state index in [2.05, 4.69) is 0 Å². The molecule has 0 spiro atoms. The Labute approximate surface area is 107 Å². The molecule has 0 aliphatic carbocycles. The van der Waals surface area contributed by atoms with Gasteiger partial charge in [0, 0.05) is 13.1 Å². The molecule has 1 rings (SSSR count). The summed E-state index contributed by atoms with van der Waals surface area (Å²) in [5, 5.41) is 9.23. The number of hydrogen-bond donors (Lipinski definition) is 1. The summed E-state index contributed by atoms with van der Waals surface area (Å²) in [6.45, 7) is 3.14. The van der Waals surface area contributed by atoms with Crippen LogP contribution in [-0.4, -0.2) is 37.5 Å². The lowest BCUT2D eigenvalue weighted by molar-refractivity contribution is 0.214. The van der Waals surface area contributed by atoms with Gasteiger partial charge in [0.1, 0.15) is 4.90 Å². The van der Waals surface area contributed by atoms with E-state index in [0.717, 1.165) is 4.31 Å². The molecule has 0 saturated heterocycles. The van der Waals surface area contributed by atoms with Crippen molar-refractivity contribution < 1.29 is 13.5 Å². The minimum absolute atomic E-state index is 0.0713. The Morgan fingerprint density at radius 2 is 2.06 bits per heavy atom. The highest BCUT2D eigenvalue weighted by molar-refractivity contribution is 7.89. The van der Waals surface area contributed by atoms with Crippen molar-refractivity contribution in [1.82, 2.24) is 4.31 Å². The Bertz CT molecular complexity index is 501. The maximum absolute atomic E-state index is 12.2. The number of nitrogens with zero attached hydrogens (tertiary/aromatic N) is 1. The van der Waals surface area contributed by atoms with Gasteiger partial charge in [-0.1, -0.05) is 23.7 Å². The smallest absolute Gasteiger partial charge is 0.244 e. The third kappa shape index (κ3) is 2.80. The van der Waals surface area contributed by atoms with Crippen LogP contribution in [-0.2, 0) is 10.0 Å². The second-order valence-corrected chi connectivity index (χ2v) is 6.28. The first-order valence-electron chi connectivity index (χ1n) is 5.16. The molecule has 1 unspecified atom stereocenters. The molecule has 96 valence electrons. The maximum atomic E-state index is 12.2. The van der Waals surface area contributed by atoms with E-state index < -0.39 is 16.1 Å². The standard InChI is InChI=1S/C11H16ClNO3S/c1-8-5-4-6-10(11(8)12)17(15,16)13(3)9(2)7-14/h4-6,9,14H,7H2,1-3H3. The van der Waals surface area contributed by atoms with Crippen molar-refractivity contribution in [1.29, 1.82) is 0 Å². The van der Waals surface area contributed by atoms with Gasteiger partial charge in [-0.3, -0.25) is 0 Å². The molecular formula is C11H16ClNO3S. The fraction of sp³-hybridized carbons (Fsp3) is 0.455. The molecule has 1 aromatic rings. The van der Waals surface area contributed by atoms with Crippen LogP contribution in [0.2, 0.25) is 5.02 Å². The lowest BCUT2D eigenvalue weighted by Gasteiger charge is -2.23. The number of aliphatic hydroxyl groups is 1. The Balaban J connectivity index is 3.27. The fourth-order valence-corrected chi connectivity index (χ4v) is 3.23. The summed E-state index contributed by atoms with van der Waals surface area (Å²) in [5.41, 5.74) is 0.706. The summed E-state index contributed by atoms with van der Waals surface area (Å²) in [4.78, 5) is 0.0713. The van der Waals surface area contributed by atoms with Gasteiger partial charge in [-0.2, -0.15) is 4.31 Å². The number of halogens is 1. The quantitative estimate of drug-likeness (QED) is 0.910. The summed E-state index contributed by atoms with van der Waals surface area (Å²) in [6, 6.07) is 4.37. The largest absolute Gasteiger partial charge is 0.395 e. The van der Waals surface area contributed by atoms with Crippen molar-refractivity contribution in [3.8, 4) is 0 Å². The number of hydrogen-bond acceptors (Lipinski definition) is 3. The van der Waals surface area contributed by atoms with Gasteiger partial charge in [-0.05, 0) is 25.5 Å². The molecule has 0 radical (unpaired) electrons. The zero-order chi connectivity index (χ0) is 13.2. The van der Waals surface area contributed by atoms with Crippen LogP contribution in [0.1, 0.15) is 12.5 Å². The number of aliphatic hydroxyl groups excluding tert-OH is 1. The van der Waals surface area contributed by atoms with E-state index in [0.29, 0.717) is 5.56 Å². The minimum Gasteiger partial charge on any atom is -0.395 e. The van der Waals surface area contributed by atoms with Crippen LogP contribution in [0.4, 0.5) is 0 Å². The molecule has 1 aromatic carbocycles. The van der Waals surface area contributed by atoms with Gasteiger partial charge in [0.25, 0.3) is 0 Å². The predicted octanol–water partition coefficient (Wildman–Crippen LogP) is 1.65. The van der Waals surface area contributed by atoms with E-state index >= 15 is 0 Å². The van der Waals surface area contributed by atoms with Crippen LogP contribution in [0.3, 0.4) is 0 Å². The third-order valence-electron chi connectivity index (χ3n) is 2.70. The molecule has 0 amide bonds. The normalized spacial score (nSPS) is 14.0. The van der Waals surface area contributed by atoms with Crippen molar-refractivity contribution in [3.63, 3.8) is 0 Å². The first-order valence-corrected chi connectivity index (χ1v) is 6.98. The second kappa shape index (κ2) is 5.35. The highest BCUT2D eigenvalue weighted by Crippen LogP contribution is 2.27. The van der Waals surface area contributed by atoms with Crippen LogP contribution in [0.15, 0.2) is 23.1 Å². The molecule has 0 saturated carbocycles. The van der Waals surface area contributed by atoms with E-state index in [1.54, 1.807) is 26.0 Å². The van der Waals surface area contributed by atoms with Crippen molar-refractivity contribution in [2.24, 2.45) is 0 Å². The molecule has 0 bridgehead atoms. The van der Waals surface area contributed by atoms with Crippen LogP contribution in [0.25, 0.3) is 0 Å². The van der Waals surface area contributed by atoms with Gasteiger partial charge in [-0.25, -0.2) is 8.42 Å². The van der Waals surface area contributed by atoms with Crippen molar-refractivity contribution in [3.05, 3.63) is 28.8 Å². The predicted molar refractivity (Wildman–Crippen MR) is 67.7 cm³/mol. The minimum atomic E-state index is -3.66. The Kier molecular flexibility index (Phi) is 4.55. The van der Waals surface area contributed by atoms with E-state index in [1.165, 1.54) is 13.1 Å². The molecule has 1 N–H and O–H groups in total. The summed E-state index contributed by atoms with van der Waals surface area (Å²) in [7, 11) is -2.24. The van der Waals surface area contributed by atoms with Gasteiger partial charge in [0.15, 0.2) is 0 Å². The van der Waals surface area contributed by atoms with E-state index in [4.69, 9.17) is 16.7 Å². The maximum Gasteiger partial charge on any atom is 0.244 e. The second-order valence-electron chi connectivity index (χ2n) is 3.94. The van der Waals surface area contributed by atoms with Gasteiger partial charge in [0.05, 0.1) is 11.6 Å². The van der Waals surface area contributed by atoms with Crippen LogP contribution >= 0.6 is 11.6 Å². The average Bonchev–Trinajstić information content (AvgIpc) is 2.30. The van der Waals surface area contributed by atoms with Crippen LogP contribution < -0.4 is 0 Å². The average molecular weight is 278 g/mol. The summed E-state index contributed by atoms with van der Waals surface area (Å²) < 4.78 is 25.6. The van der Waals surface area contributed by atoms with Gasteiger partial charge in [0.2, 0.25) is 10.0 Å².